The van der Waals surface area contributed by atoms with Gasteiger partial charge in [0, 0.05) is 17.1 Å². The average molecular weight is 352 g/mol. The highest BCUT2D eigenvalue weighted by Crippen LogP contribution is 2.15. The number of amides is 1. The third-order valence-corrected chi connectivity index (χ3v) is 3.97. The van der Waals surface area contributed by atoms with E-state index in [1.165, 1.54) is 11.3 Å². The minimum Gasteiger partial charge on any atom is -0.456 e. The lowest BCUT2D eigenvalue weighted by Gasteiger charge is -2.06. The first-order chi connectivity index (χ1) is 11.0. The van der Waals surface area contributed by atoms with Crippen LogP contribution in [0.1, 0.15) is 22.5 Å². The van der Waals surface area contributed by atoms with E-state index in [0.29, 0.717) is 15.6 Å². The van der Waals surface area contributed by atoms with Gasteiger partial charge in [0.2, 0.25) is 0 Å². The summed E-state index contributed by atoms with van der Waals surface area (Å²) in [6, 6.07) is 10.1. The van der Waals surface area contributed by atoms with Crippen LogP contribution in [0.25, 0.3) is 0 Å². The number of esters is 1. The number of ether oxygens (including phenoxy) is 1. The molecular formula is C16H14ClNO4S. The van der Waals surface area contributed by atoms with Crippen molar-refractivity contribution in [2.24, 2.45) is 0 Å². The fourth-order valence-corrected chi connectivity index (χ4v) is 2.64. The number of Topliss-reactive ketones (excluding diaryl/α,β-unsaturated/α-hetero) is 1. The third-order valence-electron chi connectivity index (χ3n) is 2.82. The lowest BCUT2D eigenvalue weighted by atomic mass is 10.2. The Morgan fingerprint density at radius 3 is 2.65 bits per heavy atom. The molecule has 5 nitrogen and oxygen atoms in total. The predicted molar refractivity (Wildman–Crippen MR) is 88.9 cm³/mol. The zero-order valence-corrected chi connectivity index (χ0v) is 13.7. The van der Waals surface area contributed by atoms with Crippen molar-refractivity contribution >= 4 is 46.3 Å². The summed E-state index contributed by atoms with van der Waals surface area (Å²) in [4.78, 5) is 35.6. The zero-order valence-electron chi connectivity index (χ0n) is 12.1. The smallest absolute Gasteiger partial charge is 0.306 e. The molecule has 2 aromatic rings. The third kappa shape index (κ3) is 5.84. The molecule has 0 fully saturated rings. The van der Waals surface area contributed by atoms with Gasteiger partial charge in [0.15, 0.2) is 12.4 Å². The maximum Gasteiger partial charge on any atom is 0.306 e. The molecule has 1 heterocycles. The Hall–Kier alpha value is -2.18. The van der Waals surface area contributed by atoms with E-state index in [0.717, 1.165) is 0 Å². The quantitative estimate of drug-likeness (QED) is 0.611. The molecule has 2 rings (SSSR count). The lowest BCUT2D eigenvalue weighted by molar-refractivity contribution is -0.147. The Labute approximate surface area is 142 Å². The van der Waals surface area contributed by atoms with Crippen LogP contribution in [0, 0.1) is 0 Å². The van der Waals surface area contributed by atoms with Gasteiger partial charge in [0.05, 0.1) is 11.3 Å². The summed E-state index contributed by atoms with van der Waals surface area (Å²) in [6.07, 6.45) is 0.0104. The van der Waals surface area contributed by atoms with Gasteiger partial charge in [-0.2, -0.15) is 0 Å². The number of benzene rings is 1. The van der Waals surface area contributed by atoms with Crippen molar-refractivity contribution in [3.05, 3.63) is 51.7 Å². The number of thiophene rings is 1. The molecule has 7 heteroatoms. The van der Waals surface area contributed by atoms with Crippen LogP contribution in [0.2, 0.25) is 5.02 Å². The zero-order chi connectivity index (χ0) is 16.7. The Balaban J connectivity index is 1.69. The first-order valence-electron chi connectivity index (χ1n) is 6.82. The SMILES string of the molecule is O=C(COC(=O)CCC(=O)c1cccs1)Nc1cccc(Cl)c1. The summed E-state index contributed by atoms with van der Waals surface area (Å²) in [5.41, 5.74) is 0.520. The van der Waals surface area contributed by atoms with Gasteiger partial charge in [-0.1, -0.05) is 23.7 Å². The molecule has 0 radical (unpaired) electrons. The average Bonchev–Trinajstić information content (AvgIpc) is 3.05. The van der Waals surface area contributed by atoms with Crippen molar-refractivity contribution in [2.75, 3.05) is 11.9 Å². The second kappa shape index (κ2) is 8.45. The Morgan fingerprint density at radius 1 is 1.13 bits per heavy atom. The van der Waals surface area contributed by atoms with Crippen molar-refractivity contribution < 1.29 is 19.1 Å². The van der Waals surface area contributed by atoms with Crippen LogP contribution in [0.15, 0.2) is 41.8 Å². The molecule has 23 heavy (non-hydrogen) atoms. The fourth-order valence-electron chi connectivity index (χ4n) is 1.76. The minimum atomic E-state index is -0.587. The molecule has 0 spiro atoms. The number of anilines is 1. The van der Waals surface area contributed by atoms with Crippen LogP contribution in [-0.4, -0.2) is 24.3 Å². The molecule has 0 aliphatic rings. The first kappa shape index (κ1) is 17.2. The number of rotatable bonds is 7. The van der Waals surface area contributed by atoms with Gasteiger partial charge in [0.1, 0.15) is 0 Å². The van der Waals surface area contributed by atoms with E-state index in [-0.39, 0.29) is 18.6 Å². The number of hydrogen-bond acceptors (Lipinski definition) is 5. The summed E-state index contributed by atoms with van der Waals surface area (Å²) in [5, 5.41) is 4.85. The van der Waals surface area contributed by atoms with Gasteiger partial charge in [0.25, 0.3) is 5.91 Å². The molecule has 1 aromatic heterocycles. The van der Waals surface area contributed by atoms with E-state index in [1.807, 2.05) is 0 Å². The standard InChI is InChI=1S/C16H14ClNO4S/c17-11-3-1-4-12(9-11)18-15(20)10-22-16(21)7-6-13(19)14-5-2-8-23-14/h1-5,8-9H,6-7,10H2,(H,18,20). The Kier molecular flexibility index (Phi) is 6.31. The summed E-state index contributed by atoms with van der Waals surface area (Å²) in [5.74, 6) is -1.17. The van der Waals surface area contributed by atoms with E-state index in [2.05, 4.69) is 5.32 Å². The van der Waals surface area contributed by atoms with Crippen LogP contribution in [0.5, 0.6) is 0 Å². The monoisotopic (exact) mass is 351 g/mol. The maximum atomic E-state index is 11.7. The van der Waals surface area contributed by atoms with Gasteiger partial charge in [-0.15, -0.1) is 11.3 Å². The predicted octanol–water partition coefficient (Wildman–Crippen LogP) is 3.55. The topological polar surface area (TPSA) is 72.5 Å². The fraction of sp³-hybridized carbons (Fsp3) is 0.188. The minimum absolute atomic E-state index is 0.0544. The summed E-state index contributed by atoms with van der Waals surface area (Å²) >= 11 is 7.13. The maximum absolute atomic E-state index is 11.7. The number of carbonyl (C=O) groups excluding carboxylic acids is 3. The van der Waals surface area contributed by atoms with Gasteiger partial charge in [-0.05, 0) is 29.6 Å². The number of nitrogens with one attached hydrogen (secondary N) is 1. The summed E-state index contributed by atoms with van der Waals surface area (Å²) < 4.78 is 4.84. The van der Waals surface area contributed by atoms with Crippen molar-refractivity contribution in [2.45, 2.75) is 12.8 Å². The molecule has 0 saturated heterocycles. The molecule has 0 atom stereocenters. The van der Waals surface area contributed by atoms with Crippen LogP contribution < -0.4 is 5.32 Å². The summed E-state index contributed by atoms with van der Waals surface area (Å²) in [6.45, 7) is -0.404. The molecule has 120 valence electrons. The molecule has 0 saturated carbocycles. The highest BCUT2D eigenvalue weighted by Gasteiger charge is 2.12. The molecule has 0 unspecified atom stereocenters. The van der Waals surface area contributed by atoms with Crippen molar-refractivity contribution in [3.8, 4) is 0 Å². The van der Waals surface area contributed by atoms with Crippen molar-refractivity contribution in [1.29, 1.82) is 0 Å². The molecule has 1 N–H and O–H groups in total. The van der Waals surface area contributed by atoms with Gasteiger partial charge < -0.3 is 10.1 Å². The summed E-state index contributed by atoms with van der Waals surface area (Å²) in [7, 11) is 0. The number of carbonyl (C=O) groups is 3. The van der Waals surface area contributed by atoms with Gasteiger partial charge in [-0.25, -0.2) is 0 Å². The molecular weight excluding hydrogens is 338 g/mol. The number of hydrogen-bond donors (Lipinski definition) is 1. The van der Waals surface area contributed by atoms with Crippen LogP contribution >= 0.6 is 22.9 Å². The molecule has 0 aliphatic carbocycles. The van der Waals surface area contributed by atoms with Crippen molar-refractivity contribution in [3.63, 3.8) is 0 Å². The second-order valence-corrected chi connectivity index (χ2v) is 6.00. The first-order valence-corrected chi connectivity index (χ1v) is 8.08. The highest BCUT2D eigenvalue weighted by atomic mass is 35.5. The van der Waals surface area contributed by atoms with Gasteiger partial charge >= 0.3 is 5.97 Å². The largest absolute Gasteiger partial charge is 0.456 e. The van der Waals surface area contributed by atoms with E-state index >= 15 is 0 Å². The highest BCUT2D eigenvalue weighted by molar-refractivity contribution is 7.12. The molecule has 0 bridgehead atoms. The number of halogens is 1. The molecule has 1 aromatic carbocycles. The van der Waals surface area contributed by atoms with Crippen LogP contribution in [0.3, 0.4) is 0 Å². The Morgan fingerprint density at radius 2 is 1.96 bits per heavy atom. The van der Waals surface area contributed by atoms with Crippen LogP contribution in [0.4, 0.5) is 5.69 Å². The molecule has 0 aliphatic heterocycles. The van der Waals surface area contributed by atoms with Gasteiger partial charge in [-0.3, -0.25) is 14.4 Å². The molecule has 1 amide bonds. The second-order valence-electron chi connectivity index (χ2n) is 4.62. The van der Waals surface area contributed by atoms with E-state index < -0.39 is 18.5 Å². The van der Waals surface area contributed by atoms with E-state index in [4.69, 9.17) is 16.3 Å². The van der Waals surface area contributed by atoms with Crippen molar-refractivity contribution in [1.82, 2.24) is 0 Å². The van der Waals surface area contributed by atoms with E-state index in [1.54, 1.807) is 41.8 Å². The lowest BCUT2D eigenvalue weighted by Crippen LogP contribution is -2.21. The Bertz CT molecular complexity index is 700. The van der Waals surface area contributed by atoms with E-state index in [9.17, 15) is 14.4 Å². The number of ketones is 1. The normalized spacial score (nSPS) is 10.1. The van der Waals surface area contributed by atoms with Crippen LogP contribution in [-0.2, 0) is 14.3 Å².